The molecule has 0 radical (unpaired) electrons. The topological polar surface area (TPSA) is 68.6 Å². The molecule has 0 unspecified atom stereocenters. The van der Waals surface area contributed by atoms with E-state index in [2.05, 4.69) is 56.1 Å². The Kier molecular flexibility index (Phi) is 5.54. The first-order valence-electron chi connectivity index (χ1n) is 11.9. The van der Waals surface area contributed by atoms with Gasteiger partial charge in [-0.15, -0.1) is 0 Å². The van der Waals surface area contributed by atoms with Crippen molar-refractivity contribution < 1.29 is 9.53 Å². The Bertz CT molecular complexity index is 1160. The van der Waals surface area contributed by atoms with Gasteiger partial charge in [0.25, 0.3) is 5.91 Å². The van der Waals surface area contributed by atoms with Crippen LogP contribution in [0.3, 0.4) is 0 Å². The van der Waals surface area contributed by atoms with E-state index in [9.17, 15) is 4.79 Å². The maximum Gasteiger partial charge on any atom is 0.254 e. The Balaban J connectivity index is 1.36. The predicted octanol–water partition coefficient (Wildman–Crippen LogP) is 4.46. The molecule has 2 aromatic rings. The number of nitrogens with zero attached hydrogens (tertiary/aromatic N) is 3. The summed E-state index contributed by atoms with van der Waals surface area (Å²) >= 11 is 6.23. The summed E-state index contributed by atoms with van der Waals surface area (Å²) < 4.78 is 6.42. The van der Waals surface area contributed by atoms with Crippen molar-refractivity contribution in [2.75, 3.05) is 31.1 Å². The van der Waals surface area contributed by atoms with Gasteiger partial charge in [-0.25, -0.2) is 0 Å². The van der Waals surface area contributed by atoms with Crippen LogP contribution in [0.25, 0.3) is 0 Å². The molecule has 2 aromatic carbocycles. The van der Waals surface area contributed by atoms with Gasteiger partial charge in [-0.1, -0.05) is 39.3 Å². The molecule has 0 atom stereocenters. The Morgan fingerprint density at radius 2 is 1.79 bits per heavy atom. The van der Waals surface area contributed by atoms with E-state index in [1.165, 1.54) is 5.69 Å². The van der Waals surface area contributed by atoms with Crippen molar-refractivity contribution in [3.05, 3.63) is 58.1 Å². The lowest BCUT2D eigenvalue weighted by Crippen LogP contribution is -2.74. The van der Waals surface area contributed by atoms with Gasteiger partial charge in [-0.05, 0) is 35.9 Å². The third kappa shape index (κ3) is 3.54. The van der Waals surface area contributed by atoms with Gasteiger partial charge in [0.05, 0.1) is 10.6 Å². The molecule has 2 fully saturated rings. The minimum atomic E-state index is -0.261. The van der Waals surface area contributed by atoms with Crippen molar-refractivity contribution in [2.45, 2.75) is 46.4 Å². The lowest BCUT2D eigenvalue weighted by Gasteiger charge is -2.65. The number of hydrogen-bond acceptors (Lipinski definition) is 5. The lowest BCUT2D eigenvalue weighted by atomic mass is 9.49. The van der Waals surface area contributed by atoms with Crippen LogP contribution in [0.4, 0.5) is 5.69 Å². The molecule has 0 spiro atoms. The Morgan fingerprint density at radius 1 is 1.09 bits per heavy atom. The van der Waals surface area contributed by atoms with Crippen LogP contribution in [0.15, 0.2) is 36.4 Å². The molecule has 0 bridgehead atoms. The molecule has 1 amide bonds. The van der Waals surface area contributed by atoms with Crippen molar-refractivity contribution in [2.24, 2.45) is 10.8 Å². The van der Waals surface area contributed by atoms with Crippen LogP contribution in [0.5, 0.6) is 5.75 Å². The molecule has 1 aliphatic carbocycles. The second-order valence-corrected chi connectivity index (χ2v) is 11.2. The number of carbonyl (C=O) groups is 1. The molecule has 0 aromatic heterocycles. The molecule has 2 aliphatic heterocycles. The highest BCUT2D eigenvalue weighted by molar-refractivity contribution is 6.31. The summed E-state index contributed by atoms with van der Waals surface area (Å²) in [4.78, 5) is 17.9. The monoisotopic (exact) mass is 478 g/mol. The highest BCUT2D eigenvalue weighted by Crippen LogP contribution is 2.59. The summed E-state index contributed by atoms with van der Waals surface area (Å²) in [7, 11) is 0. The number of piperazine rings is 1. The minimum absolute atomic E-state index is 0.0291. The number of rotatable bonds is 4. The fourth-order valence-corrected chi connectivity index (χ4v) is 6.88. The normalized spacial score (nSPS) is 24.9. The first kappa shape index (κ1) is 23.0. The summed E-state index contributed by atoms with van der Waals surface area (Å²) in [5, 5.41) is 12.9. The maximum absolute atomic E-state index is 13.5. The van der Waals surface area contributed by atoms with Crippen LogP contribution in [-0.2, 0) is 6.54 Å². The van der Waals surface area contributed by atoms with Crippen LogP contribution in [0.1, 0.15) is 49.2 Å². The Labute approximate surface area is 206 Å². The number of nitriles is 1. The van der Waals surface area contributed by atoms with Gasteiger partial charge >= 0.3 is 0 Å². The molecule has 1 saturated carbocycles. The van der Waals surface area contributed by atoms with Crippen LogP contribution in [-0.4, -0.2) is 49.1 Å². The average Bonchev–Trinajstić information content (AvgIpc) is 3.12. The molecule has 34 heavy (non-hydrogen) atoms. The third-order valence-corrected chi connectivity index (χ3v) is 8.10. The van der Waals surface area contributed by atoms with Crippen molar-refractivity contribution >= 4 is 23.2 Å². The van der Waals surface area contributed by atoms with E-state index in [1.807, 2.05) is 11.0 Å². The van der Waals surface area contributed by atoms with E-state index in [0.717, 1.165) is 37.3 Å². The minimum Gasteiger partial charge on any atom is -0.489 e. The first-order chi connectivity index (χ1) is 16.1. The zero-order chi connectivity index (χ0) is 24.3. The van der Waals surface area contributed by atoms with Gasteiger partial charge in [-0.3, -0.25) is 4.79 Å². The summed E-state index contributed by atoms with van der Waals surface area (Å²) in [6.45, 7) is 13.2. The highest BCUT2D eigenvalue weighted by atomic mass is 35.5. The molecular weight excluding hydrogens is 448 g/mol. The molecule has 2 heterocycles. The number of fused-ring (bicyclic) bond motifs is 1. The standard InChI is InChI=1S/C27H31ClN4O2/c1-26(2)24(27(3,4)25(26)34-20-7-5-17(15-29)22(28)14-20)32-16-18-13-19(6-8-21(18)23(32)33)31-11-9-30-10-12-31/h5-8,13-14,24-25,30H,9-12,16H2,1-4H3/t24-,25-. The molecular formula is C27H31ClN4O2. The smallest absolute Gasteiger partial charge is 0.254 e. The van der Waals surface area contributed by atoms with Gasteiger partial charge in [0.1, 0.15) is 17.9 Å². The van der Waals surface area contributed by atoms with E-state index in [0.29, 0.717) is 22.9 Å². The van der Waals surface area contributed by atoms with Crippen molar-refractivity contribution in [1.29, 1.82) is 5.26 Å². The van der Waals surface area contributed by atoms with Gasteiger partial charge in [0, 0.05) is 66.9 Å². The van der Waals surface area contributed by atoms with E-state index in [4.69, 9.17) is 21.6 Å². The fraction of sp³-hybridized carbons (Fsp3) is 0.481. The number of nitrogens with one attached hydrogen (secondary N) is 1. The molecule has 3 aliphatic rings. The van der Waals surface area contributed by atoms with Gasteiger partial charge in [-0.2, -0.15) is 5.26 Å². The number of benzene rings is 2. The fourth-order valence-electron chi connectivity index (χ4n) is 6.67. The zero-order valence-corrected chi connectivity index (χ0v) is 20.9. The van der Waals surface area contributed by atoms with E-state index in [1.54, 1.807) is 18.2 Å². The molecule has 1 N–H and O–H groups in total. The molecule has 5 rings (SSSR count). The third-order valence-electron chi connectivity index (χ3n) is 7.79. The Morgan fingerprint density at radius 3 is 2.44 bits per heavy atom. The van der Waals surface area contributed by atoms with Crippen LogP contribution in [0.2, 0.25) is 5.02 Å². The number of carbonyl (C=O) groups excluding carboxylic acids is 1. The van der Waals surface area contributed by atoms with Gasteiger partial charge in [0.15, 0.2) is 0 Å². The van der Waals surface area contributed by atoms with Crippen molar-refractivity contribution in [3.8, 4) is 11.8 Å². The molecule has 178 valence electrons. The SMILES string of the molecule is CC1(C)[C@H](Oc2ccc(C#N)c(Cl)c2)C(C)(C)[C@H]1N1Cc2cc(N3CCNCC3)ccc2C1=O. The quantitative estimate of drug-likeness (QED) is 0.702. The summed E-state index contributed by atoms with van der Waals surface area (Å²) in [6.07, 6.45) is -0.109. The second-order valence-electron chi connectivity index (χ2n) is 10.8. The molecule has 7 heteroatoms. The lowest BCUT2D eigenvalue weighted by molar-refractivity contribution is -0.199. The maximum atomic E-state index is 13.5. The van der Waals surface area contributed by atoms with Gasteiger partial charge < -0.3 is 19.9 Å². The van der Waals surface area contributed by atoms with Crippen molar-refractivity contribution in [3.63, 3.8) is 0 Å². The molecule has 6 nitrogen and oxygen atoms in total. The van der Waals surface area contributed by atoms with Crippen molar-refractivity contribution in [1.82, 2.24) is 10.2 Å². The predicted molar refractivity (Wildman–Crippen MR) is 133 cm³/mol. The van der Waals surface area contributed by atoms with Crippen LogP contribution >= 0.6 is 11.6 Å². The number of halogens is 1. The zero-order valence-electron chi connectivity index (χ0n) is 20.2. The number of ether oxygens (including phenoxy) is 1. The largest absolute Gasteiger partial charge is 0.489 e. The highest BCUT2D eigenvalue weighted by Gasteiger charge is 2.66. The second kappa shape index (κ2) is 8.18. The number of amides is 1. The first-order valence-corrected chi connectivity index (χ1v) is 12.3. The van der Waals surface area contributed by atoms with Crippen LogP contribution in [0, 0.1) is 22.2 Å². The number of anilines is 1. The molecule has 1 saturated heterocycles. The Hall–Kier alpha value is -2.75. The summed E-state index contributed by atoms with van der Waals surface area (Å²) in [5.41, 5.74) is 3.02. The summed E-state index contributed by atoms with van der Waals surface area (Å²) in [6, 6.07) is 13.6. The van der Waals surface area contributed by atoms with E-state index < -0.39 is 0 Å². The number of hydrogen-bond donors (Lipinski definition) is 1. The van der Waals surface area contributed by atoms with Gasteiger partial charge in [0.2, 0.25) is 0 Å². The van der Waals surface area contributed by atoms with Crippen LogP contribution < -0.4 is 15.0 Å². The van der Waals surface area contributed by atoms with E-state index in [-0.39, 0.29) is 28.9 Å². The van der Waals surface area contributed by atoms with E-state index >= 15 is 0 Å². The average molecular weight is 479 g/mol. The summed E-state index contributed by atoms with van der Waals surface area (Å²) in [5.74, 6) is 0.748.